The Labute approximate surface area is 240 Å². The number of aromatic nitrogens is 1. The van der Waals surface area contributed by atoms with Crippen LogP contribution in [-0.2, 0) is 0 Å². The number of nitrogens with zero attached hydrogens (tertiary/aromatic N) is 3. The van der Waals surface area contributed by atoms with Crippen molar-refractivity contribution in [1.29, 1.82) is 0 Å². The van der Waals surface area contributed by atoms with Crippen LogP contribution < -0.4 is 9.47 Å². The molecule has 41 heavy (non-hydrogen) atoms. The Balaban J connectivity index is 1.30. The first-order chi connectivity index (χ1) is 19.9. The third-order valence-electron chi connectivity index (χ3n) is 7.38. The van der Waals surface area contributed by atoms with Gasteiger partial charge in [0, 0.05) is 17.8 Å². The summed E-state index contributed by atoms with van der Waals surface area (Å²) in [5, 5.41) is 0. The Bertz CT molecular complexity index is 1870. The zero-order valence-corrected chi connectivity index (χ0v) is 23.6. The SMILES string of the molecule is Cc1c(Oc2ccccc2)cc(-c2ccnc(-c3cccc(Oc4cccc([N+]5=C=[N+](C)C=C5)c4)c3)c2)c(C)c1C. The van der Waals surface area contributed by atoms with Gasteiger partial charge in [0.25, 0.3) is 6.20 Å². The van der Waals surface area contributed by atoms with E-state index in [1.54, 1.807) is 0 Å². The molecule has 0 bridgehead atoms. The molecule has 5 aromatic rings. The van der Waals surface area contributed by atoms with Crippen LogP contribution in [0.5, 0.6) is 23.0 Å². The number of hydrogen-bond donors (Lipinski definition) is 0. The van der Waals surface area contributed by atoms with Crippen LogP contribution in [0.3, 0.4) is 0 Å². The van der Waals surface area contributed by atoms with Crippen LogP contribution in [0.2, 0.25) is 0 Å². The second-order valence-electron chi connectivity index (χ2n) is 10.1. The average molecular weight is 538 g/mol. The largest absolute Gasteiger partial charge is 0.495 e. The van der Waals surface area contributed by atoms with Crippen molar-refractivity contribution in [3.63, 3.8) is 0 Å². The average Bonchev–Trinajstić information content (AvgIpc) is 3.44. The van der Waals surface area contributed by atoms with Gasteiger partial charge < -0.3 is 9.47 Å². The van der Waals surface area contributed by atoms with E-state index in [0.717, 1.165) is 56.6 Å². The monoisotopic (exact) mass is 537 g/mol. The van der Waals surface area contributed by atoms with Crippen molar-refractivity contribution >= 4 is 11.7 Å². The maximum atomic E-state index is 6.30. The van der Waals surface area contributed by atoms with Gasteiger partial charge in [-0.3, -0.25) is 4.98 Å². The highest BCUT2D eigenvalue weighted by molar-refractivity contribution is 5.76. The first-order valence-corrected chi connectivity index (χ1v) is 13.6. The molecule has 1 aliphatic heterocycles. The lowest BCUT2D eigenvalue weighted by molar-refractivity contribution is -0.429. The molecule has 4 aromatic carbocycles. The summed E-state index contributed by atoms with van der Waals surface area (Å²) in [6.45, 7) is 6.43. The highest BCUT2D eigenvalue weighted by Gasteiger charge is 2.17. The fraction of sp³-hybridized carbons (Fsp3) is 0.111. The van der Waals surface area contributed by atoms with Crippen LogP contribution in [-0.4, -0.2) is 27.2 Å². The molecular formula is C36H31N3O2+2. The van der Waals surface area contributed by atoms with Crippen molar-refractivity contribution in [2.24, 2.45) is 0 Å². The summed E-state index contributed by atoms with van der Waals surface area (Å²) in [6.07, 6.45) is 5.78. The van der Waals surface area contributed by atoms with Gasteiger partial charge >= 0.3 is 6.01 Å². The predicted octanol–water partition coefficient (Wildman–Crippen LogP) is 8.87. The molecule has 0 radical (unpaired) electrons. The summed E-state index contributed by atoms with van der Waals surface area (Å²) in [6, 6.07) is 35.4. The molecule has 5 nitrogen and oxygen atoms in total. The molecule has 0 atom stereocenters. The lowest BCUT2D eigenvalue weighted by atomic mass is 9.93. The van der Waals surface area contributed by atoms with Gasteiger partial charge in [-0.2, -0.15) is 0 Å². The molecule has 2 heterocycles. The number of ether oxygens (including phenoxy) is 2. The van der Waals surface area contributed by atoms with E-state index in [-0.39, 0.29) is 0 Å². The Morgan fingerprint density at radius 2 is 1.39 bits per heavy atom. The van der Waals surface area contributed by atoms with E-state index in [1.807, 2.05) is 108 Å². The molecule has 0 unspecified atom stereocenters. The Morgan fingerprint density at radius 3 is 2.17 bits per heavy atom. The van der Waals surface area contributed by atoms with Gasteiger partial charge in [0.1, 0.15) is 23.0 Å². The standard InChI is InChI=1S/C36H31N3O2/c1-25-26(2)34(23-36(27(25)3)41-31-12-6-5-7-13-31)28-16-17-37-35(21-28)29-10-8-14-32(20-29)40-33-15-9-11-30(22-33)39-19-18-38(4)24-39/h5-23H,1-4H3/q+2. The normalized spacial score (nSPS) is 12.2. The minimum absolute atomic E-state index is 0.745. The van der Waals surface area contributed by atoms with E-state index >= 15 is 0 Å². The van der Waals surface area contributed by atoms with Crippen molar-refractivity contribution in [2.75, 3.05) is 7.05 Å². The third-order valence-corrected chi connectivity index (χ3v) is 7.38. The molecule has 1 aromatic heterocycles. The van der Waals surface area contributed by atoms with Crippen molar-refractivity contribution in [2.45, 2.75) is 20.8 Å². The van der Waals surface area contributed by atoms with Gasteiger partial charge in [0.15, 0.2) is 7.05 Å². The minimum Gasteiger partial charge on any atom is -0.457 e. The predicted molar refractivity (Wildman–Crippen MR) is 163 cm³/mol. The maximum absolute atomic E-state index is 6.30. The Kier molecular flexibility index (Phi) is 7.03. The van der Waals surface area contributed by atoms with E-state index < -0.39 is 0 Å². The minimum atomic E-state index is 0.745. The Morgan fingerprint density at radius 1 is 0.634 bits per heavy atom. The van der Waals surface area contributed by atoms with Gasteiger partial charge in [-0.05, 0) is 97.1 Å². The third kappa shape index (κ3) is 5.58. The number of hydrogen-bond acceptors (Lipinski definition) is 3. The maximum Gasteiger partial charge on any atom is 0.495 e. The van der Waals surface area contributed by atoms with E-state index in [2.05, 4.69) is 51.0 Å². The number of rotatable bonds is 7. The van der Waals surface area contributed by atoms with Crippen molar-refractivity contribution in [3.8, 4) is 45.4 Å². The molecule has 200 valence electrons. The molecule has 0 saturated carbocycles. The number of para-hydroxylation sites is 1. The Hall–Kier alpha value is -5.25. The summed E-state index contributed by atoms with van der Waals surface area (Å²) < 4.78 is 16.4. The van der Waals surface area contributed by atoms with Crippen molar-refractivity contribution in [3.05, 3.63) is 132 Å². The van der Waals surface area contributed by atoms with E-state index in [9.17, 15) is 0 Å². The number of benzene rings is 4. The number of pyridine rings is 1. The molecule has 0 aliphatic carbocycles. The van der Waals surface area contributed by atoms with Crippen LogP contribution in [0, 0.1) is 20.8 Å². The quantitative estimate of drug-likeness (QED) is 0.195. The summed E-state index contributed by atoms with van der Waals surface area (Å²) in [5.41, 5.74) is 8.63. The molecular weight excluding hydrogens is 506 g/mol. The molecule has 0 fully saturated rings. The molecule has 5 heteroatoms. The topological polar surface area (TPSA) is 37.4 Å². The molecule has 0 saturated heterocycles. The van der Waals surface area contributed by atoms with Crippen LogP contribution >= 0.6 is 0 Å². The van der Waals surface area contributed by atoms with Gasteiger partial charge in [-0.1, -0.05) is 45.5 Å². The first kappa shape index (κ1) is 26.0. The van der Waals surface area contributed by atoms with Crippen molar-refractivity contribution in [1.82, 2.24) is 4.98 Å². The van der Waals surface area contributed by atoms with Crippen molar-refractivity contribution < 1.29 is 18.6 Å². The molecule has 0 amide bonds. The second kappa shape index (κ2) is 11.1. The lowest BCUT2D eigenvalue weighted by Crippen LogP contribution is -1.97. The fourth-order valence-corrected chi connectivity index (χ4v) is 4.89. The zero-order valence-electron chi connectivity index (χ0n) is 23.6. The second-order valence-corrected chi connectivity index (χ2v) is 10.1. The zero-order chi connectivity index (χ0) is 28.3. The van der Waals surface area contributed by atoms with Gasteiger partial charge in [-0.15, -0.1) is 0 Å². The molecule has 6 rings (SSSR count). The van der Waals surface area contributed by atoms with E-state index in [1.165, 1.54) is 11.1 Å². The highest BCUT2D eigenvalue weighted by Crippen LogP contribution is 2.37. The van der Waals surface area contributed by atoms with Crippen LogP contribution in [0.25, 0.3) is 22.4 Å². The molecule has 1 aliphatic rings. The first-order valence-electron chi connectivity index (χ1n) is 13.6. The van der Waals surface area contributed by atoms with Gasteiger partial charge in [-0.25, -0.2) is 0 Å². The smallest absolute Gasteiger partial charge is 0.457 e. The van der Waals surface area contributed by atoms with Crippen LogP contribution in [0.4, 0.5) is 5.69 Å². The van der Waals surface area contributed by atoms with Crippen LogP contribution in [0.1, 0.15) is 16.7 Å². The van der Waals surface area contributed by atoms with Crippen LogP contribution in [0.15, 0.2) is 116 Å². The van der Waals surface area contributed by atoms with E-state index in [4.69, 9.17) is 14.5 Å². The molecule has 0 N–H and O–H groups in total. The van der Waals surface area contributed by atoms with Gasteiger partial charge in [0.2, 0.25) is 11.9 Å². The fourth-order valence-electron chi connectivity index (χ4n) is 4.89. The van der Waals surface area contributed by atoms with E-state index in [0.29, 0.717) is 0 Å². The van der Waals surface area contributed by atoms with Gasteiger partial charge in [0.05, 0.1) is 11.8 Å². The summed E-state index contributed by atoms with van der Waals surface area (Å²) >= 11 is 0. The lowest BCUT2D eigenvalue weighted by Gasteiger charge is -2.17. The summed E-state index contributed by atoms with van der Waals surface area (Å²) in [4.78, 5) is 4.70. The summed E-state index contributed by atoms with van der Waals surface area (Å²) in [5.74, 6) is 3.18. The molecule has 0 spiro atoms. The highest BCUT2D eigenvalue weighted by atomic mass is 16.5. The summed E-state index contributed by atoms with van der Waals surface area (Å²) in [7, 11) is 1.95.